The van der Waals surface area contributed by atoms with Crippen molar-refractivity contribution in [1.82, 2.24) is 5.32 Å². The van der Waals surface area contributed by atoms with Crippen molar-refractivity contribution in [2.45, 2.75) is 0 Å². The molecule has 2 rings (SSSR count). The second-order valence-electron chi connectivity index (χ2n) is 6.11. The van der Waals surface area contributed by atoms with Crippen molar-refractivity contribution in [2.24, 2.45) is 0 Å². The lowest BCUT2D eigenvalue weighted by Crippen LogP contribution is -2.16. The number of likely N-dealkylation sites (N-methyl/N-ethyl adjacent to an activating group) is 1. The molecule has 0 aromatic heterocycles. The Hall–Kier alpha value is -3.65. The van der Waals surface area contributed by atoms with Crippen LogP contribution in [0.15, 0.2) is 48.5 Å². The summed E-state index contributed by atoms with van der Waals surface area (Å²) < 4.78 is 15.4. The molecule has 0 amide bonds. The first-order valence-electron chi connectivity index (χ1n) is 9.11. The van der Waals surface area contributed by atoms with E-state index in [1.807, 2.05) is 7.05 Å². The quantitative estimate of drug-likeness (QED) is 0.250. The van der Waals surface area contributed by atoms with Crippen molar-refractivity contribution in [3.05, 3.63) is 65.2 Å². The third kappa shape index (κ3) is 6.75. The highest BCUT2D eigenvalue weighted by atomic mass is 16.5. The summed E-state index contributed by atoms with van der Waals surface area (Å²) in [4.78, 5) is 35.2. The molecule has 0 saturated carbocycles. The number of benzene rings is 2. The molecule has 0 bridgehead atoms. The van der Waals surface area contributed by atoms with Gasteiger partial charge in [0.2, 0.25) is 0 Å². The largest absolute Gasteiger partial charge is 0.492 e. The maximum absolute atomic E-state index is 12.5. The van der Waals surface area contributed by atoms with Gasteiger partial charge in [0.1, 0.15) is 23.7 Å². The van der Waals surface area contributed by atoms with Crippen molar-refractivity contribution >= 4 is 23.8 Å². The van der Waals surface area contributed by atoms with E-state index in [4.69, 9.17) is 19.3 Å². The Morgan fingerprint density at radius 1 is 1.10 bits per heavy atom. The van der Waals surface area contributed by atoms with Crippen LogP contribution in [0, 0.1) is 0 Å². The number of carbonyl (C=O) groups excluding carboxylic acids is 2. The Morgan fingerprint density at radius 2 is 1.90 bits per heavy atom. The topological polar surface area (TPSA) is 111 Å². The third-order valence-corrected chi connectivity index (χ3v) is 3.93. The number of nitrogens with one attached hydrogen (secondary N) is 1. The number of allylic oxidation sites excluding steroid dienone is 1. The number of ketones is 1. The summed E-state index contributed by atoms with van der Waals surface area (Å²) in [5.41, 5.74) is 1.07. The third-order valence-electron chi connectivity index (χ3n) is 3.93. The molecule has 158 valence electrons. The predicted molar refractivity (Wildman–Crippen MR) is 110 cm³/mol. The second kappa shape index (κ2) is 11.4. The number of ether oxygens (including phenoxy) is 3. The SMILES string of the molecule is CNCCOc1cccc(C(=O)C=Cc2ccc(OCC(=O)O)c(C(=O)OC)c2)c1. The minimum absolute atomic E-state index is 0.0632. The molecule has 0 aliphatic carbocycles. The zero-order valence-corrected chi connectivity index (χ0v) is 16.7. The Balaban J connectivity index is 2.16. The standard InChI is InChI=1S/C22H23NO7/c1-23-10-11-29-17-5-3-4-16(13-17)19(24)8-6-15-7-9-20(30-14-21(25)26)18(12-15)22(27)28-2/h3-9,12-13,23H,10-11,14H2,1-2H3,(H,25,26). The smallest absolute Gasteiger partial charge is 0.341 e. The van der Waals surface area contributed by atoms with Crippen LogP contribution in [-0.2, 0) is 9.53 Å². The van der Waals surface area contributed by atoms with Crippen LogP contribution in [0.1, 0.15) is 26.3 Å². The average molecular weight is 413 g/mol. The van der Waals surface area contributed by atoms with Gasteiger partial charge in [-0.1, -0.05) is 24.3 Å². The number of carbonyl (C=O) groups is 3. The maximum atomic E-state index is 12.5. The number of aliphatic carboxylic acids is 1. The van der Waals surface area contributed by atoms with Crippen molar-refractivity contribution in [1.29, 1.82) is 0 Å². The van der Waals surface area contributed by atoms with E-state index < -0.39 is 18.5 Å². The average Bonchev–Trinajstić information content (AvgIpc) is 2.76. The van der Waals surface area contributed by atoms with Crippen LogP contribution in [0.5, 0.6) is 11.5 Å². The van der Waals surface area contributed by atoms with Crippen molar-refractivity contribution < 1.29 is 33.7 Å². The molecule has 8 nitrogen and oxygen atoms in total. The lowest BCUT2D eigenvalue weighted by Gasteiger charge is -2.09. The monoisotopic (exact) mass is 413 g/mol. The van der Waals surface area contributed by atoms with Crippen LogP contribution in [0.3, 0.4) is 0 Å². The van der Waals surface area contributed by atoms with Gasteiger partial charge in [0.25, 0.3) is 0 Å². The highest BCUT2D eigenvalue weighted by Gasteiger charge is 2.15. The fraction of sp³-hybridized carbons (Fsp3) is 0.227. The Kier molecular flexibility index (Phi) is 8.58. The van der Waals surface area contributed by atoms with Gasteiger partial charge in [-0.05, 0) is 43.0 Å². The van der Waals surface area contributed by atoms with Crippen LogP contribution in [0.2, 0.25) is 0 Å². The van der Waals surface area contributed by atoms with Crippen molar-refractivity contribution in [2.75, 3.05) is 33.9 Å². The van der Waals surface area contributed by atoms with E-state index in [2.05, 4.69) is 5.32 Å². The highest BCUT2D eigenvalue weighted by molar-refractivity contribution is 6.07. The molecule has 0 fully saturated rings. The lowest BCUT2D eigenvalue weighted by molar-refractivity contribution is -0.139. The molecule has 8 heteroatoms. The van der Waals surface area contributed by atoms with Gasteiger partial charge in [0.05, 0.1) is 7.11 Å². The fourth-order valence-corrected chi connectivity index (χ4v) is 2.46. The van der Waals surface area contributed by atoms with E-state index >= 15 is 0 Å². The number of methoxy groups -OCH3 is 1. The molecule has 0 aliphatic heterocycles. The summed E-state index contributed by atoms with van der Waals surface area (Å²) in [5.74, 6) is -1.41. The van der Waals surface area contributed by atoms with Crippen LogP contribution < -0.4 is 14.8 Å². The van der Waals surface area contributed by atoms with E-state index in [1.165, 1.54) is 25.3 Å². The Bertz CT molecular complexity index is 937. The molecular formula is C22H23NO7. The lowest BCUT2D eigenvalue weighted by atomic mass is 10.1. The van der Waals surface area contributed by atoms with E-state index in [1.54, 1.807) is 36.4 Å². The first-order chi connectivity index (χ1) is 14.4. The second-order valence-corrected chi connectivity index (χ2v) is 6.11. The van der Waals surface area contributed by atoms with Crippen molar-refractivity contribution in [3.63, 3.8) is 0 Å². The first kappa shape index (κ1) is 22.6. The van der Waals surface area contributed by atoms with Crippen LogP contribution >= 0.6 is 0 Å². The summed E-state index contributed by atoms with van der Waals surface area (Å²) in [6.45, 7) is 0.577. The fourth-order valence-electron chi connectivity index (χ4n) is 2.46. The molecular weight excluding hydrogens is 390 g/mol. The van der Waals surface area contributed by atoms with Crippen molar-refractivity contribution in [3.8, 4) is 11.5 Å². The van der Waals surface area contributed by atoms with Gasteiger partial charge in [-0.15, -0.1) is 0 Å². The molecule has 0 heterocycles. The molecule has 30 heavy (non-hydrogen) atoms. The van der Waals surface area contributed by atoms with Crippen LogP contribution in [0.25, 0.3) is 6.08 Å². The summed E-state index contributed by atoms with van der Waals surface area (Å²) in [5, 5.41) is 11.7. The number of esters is 1. The van der Waals surface area contributed by atoms with E-state index in [0.717, 1.165) is 0 Å². The number of rotatable bonds is 11. The molecule has 2 N–H and O–H groups in total. The molecule has 2 aromatic carbocycles. The van der Waals surface area contributed by atoms with Gasteiger partial charge in [-0.25, -0.2) is 9.59 Å². The Labute approximate surface area is 174 Å². The van der Waals surface area contributed by atoms with Gasteiger partial charge in [-0.2, -0.15) is 0 Å². The number of carboxylic acids is 1. The minimum atomic E-state index is -1.17. The summed E-state index contributed by atoms with van der Waals surface area (Å²) in [6, 6.07) is 11.4. The van der Waals surface area contributed by atoms with E-state index in [9.17, 15) is 14.4 Å². The number of hydrogen-bond acceptors (Lipinski definition) is 7. The molecule has 0 saturated heterocycles. The minimum Gasteiger partial charge on any atom is -0.492 e. The van der Waals surface area contributed by atoms with Gasteiger partial charge in [0.15, 0.2) is 12.4 Å². The van der Waals surface area contributed by atoms with Crippen LogP contribution in [-0.4, -0.2) is 56.7 Å². The van der Waals surface area contributed by atoms with E-state index in [-0.39, 0.29) is 17.1 Å². The molecule has 0 radical (unpaired) electrons. The maximum Gasteiger partial charge on any atom is 0.341 e. The number of hydrogen-bond donors (Lipinski definition) is 2. The summed E-state index contributed by atoms with van der Waals surface area (Å²) >= 11 is 0. The number of carboxylic acid groups (broad SMARTS) is 1. The predicted octanol–water partition coefficient (Wildman–Crippen LogP) is 2.43. The van der Waals surface area contributed by atoms with E-state index in [0.29, 0.717) is 30.0 Å². The zero-order valence-electron chi connectivity index (χ0n) is 16.7. The molecule has 0 spiro atoms. The normalized spacial score (nSPS) is 10.6. The summed E-state index contributed by atoms with van der Waals surface area (Å²) in [7, 11) is 3.03. The first-order valence-corrected chi connectivity index (χ1v) is 9.11. The molecule has 0 unspecified atom stereocenters. The zero-order chi connectivity index (χ0) is 21.9. The van der Waals surface area contributed by atoms with Gasteiger partial charge in [-0.3, -0.25) is 4.79 Å². The van der Waals surface area contributed by atoms with Gasteiger partial charge < -0.3 is 24.6 Å². The highest BCUT2D eigenvalue weighted by Crippen LogP contribution is 2.22. The summed E-state index contributed by atoms with van der Waals surface area (Å²) in [6.07, 6.45) is 2.92. The molecule has 0 atom stereocenters. The van der Waals surface area contributed by atoms with Gasteiger partial charge in [0, 0.05) is 12.1 Å². The Morgan fingerprint density at radius 3 is 2.60 bits per heavy atom. The molecule has 0 aliphatic rings. The molecule has 2 aromatic rings. The van der Waals surface area contributed by atoms with Crippen LogP contribution in [0.4, 0.5) is 0 Å². The van der Waals surface area contributed by atoms with Gasteiger partial charge >= 0.3 is 11.9 Å².